The molecule has 2 fully saturated rings. The maximum atomic E-state index is 15.5. The average molecular weight is 475 g/mol. The van der Waals surface area contributed by atoms with Crippen molar-refractivity contribution in [2.75, 3.05) is 24.7 Å². The number of fused-ring (bicyclic) bond motifs is 1. The molecule has 0 radical (unpaired) electrons. The van der Waals surface area contributed by atoms with Crippen LogP contribution in [0.15, 0.2) is 16.7 Å². The van der Waals surface area contributed by atoms with Crippen molar-refractivity contribution in [2.24, 2.45) is 0 Å². The summed E-state index contributed by atoms with van der Waals surface area (Å²) in [5, 5.41) is 8.40. The lowest BCUT2D eigenvalue weighted by molar-refractivity contribution is 0.185. The van der Waals surface area contributed by atoms with E-state index >= 15 is 4.39 Å². The molecule has 3 aromatic rings. The van der Waals surface area contributed by atoms with E-state index in [4.69, 9.17) is 14.2 Å². The normalized spacial score (nSPS) is 23.3. The second kappa shape index (κ2) is 9.24. The molecule has 5 rings (SSSR count). The van der Waals surface area contributed by atoms with Gasteiger partial charge in [0.25, 0.3) is 5.89 Å². The highest BCUT2D eigenvalue weighted by atomic mass is 19.1. The van der Waals surface area contributed by atoms with E-state index in [9.17, 15) is 0 Å². The van der Waals surface area contributed by atoms with Gasteiger partial charge in [-0.25, -0.2) is 9.37 Å². The molecule has 11 heteroatoms. The van der Waals surface area contributed by atoms with Crippen LogP contribution < -0.4 is 10.2 Å². The maximum absolute atomic E-state index is 15.5. The fourth-order valence-electron chi connectivity index (χ4n) is 5.40. The van der Waals surface area contributed by atoms with Crippen LogP contribution in [-0.4, -0.2) is 76.5 Å². The Kier molecular flexibility index (Phi) is 6.42. The van der Waals surface area contributed by atoms with Crippen LogP contribution in [0.4, 0.5) is 10.2 Å². The van der Waals surface area contributed by atoms with Gasteiger partial charge in [-0.2, -0.15) is 4.98 Å². The predicted molar refractivity (Wildman–Crippen MR) is 144 cm³/mol. The molecule has 35 heavy (non-hydrogen) atoms. The number of halogens is 1. The molecule has 0 unspecified atom stereocenters. The summed E-state index contributed by atoms with van der Waals surface area (Å²) in [7, 11) is 6.26. The molecule has 0 saturated carbocycles. The molecule has 7 nitrogen and oxygen atoms in total. The topological polar surface area (TPSA) is 76.3 Å². The third-order valence-electron chi connectivity index (χ3n) is 7.44. The maximum Gasteiger partial charge on any atom is 0.261 e. The Bertz CT molecular complexity index is 1240. The number of ether oxygens (including phenoxy) is 1. The smallest absolute Gasteiger partial charge is 0.261 e. The number of pyridine rings is 1. The number of piperidine rings is 1. The molecule has 2 aliphatic heterocycles. The lowest BCUT2D eigenvalue weighted by atomic mass is 9.40. The van der Waals surface area contributed by atoms with E-state index in [1.54, 1.807) is 13.0 Å². The van der Waals surface area contributed by atoms with E-state index in [2.05, 4.69) is 56.9 Å². The third-order valence-corrected chi connectivity index (χ3v) is 7.44. The minimum atomic E-state index is -0.296. The molecule has 0 aliphatic carbocycles. The Morgan fingerprint density at radius 1 is 1.14 bits per heavy atom. The lowest BCUT2D eigenvalue weighted by Crippen LogP contribution is -2.50. The Balaban J connectivity index is 1.58. The van der Waals surface area contributed by atoms with Crippen LogP contribution in [0.5, 0.6) is 0 Å². The number of anilines is 1. The SMILES string of the molecule is BC(B)(B)c1cc(F)c2nc(N3CC[C@@H](N[C@@H]4CCOC4)C[C@H]3C)c(-c3nc(C)no3)c(C)c2c1. The minimum Gasteiger partial charge on any atom is -0.380 e. The summed E-state index contributed by atoms with van der Waals surface area (Å²) in [6, 6.07) is 4.75. The number of rotatable bonds is 5. The number of nitrogens with one attached hydrogen (secondary N) is 1. The summed E-state index contributed by atoms with van der Waals surface area (Å²) < 4.78 is 26.6. The summed E-state index contributed by atoms with van der Waals surface area (Å²) in [5.41, 5.74) is 3.03. The van der Waals surface area contributed by atoms with Gasteiger partial charge in [-0.15, -0.1) is 0 Å². The van der Waals surface area contributed by atoms with Crippen molar-refractivity contribution >= 4 is 40.3 Å². The van der Waals surface area contributed by atoms with Gasteiger partial charge in [0, 0.05) is 36.7 Å². The zero-order valence-corrected chi connectivity index (χ0v) is 21.6. The van der Waals surface area contributed by atoms with Gasteiger partial charge in [0.2, 0.25) is 0 Å². The minimum absolute atomic E-state index is 0.185. The van der Waals surface area contributed by atoms with E-state index in [0.717, 1.165) is 66.9 Å². The zero-order chi connectivity index (χ0) is 24.9. The molecular formula is C24H33B3FN5O2. The van der Waals surface area contributed by atoms with Gasteiger partial charge in [-0.3, -0.25) is 0 Å². The zero-order valence-electron chi connectivity index (χ0n) is 21.6. The highest BCUT2D eigenvalue weighted by Gasteiger charge is 2.33. The molecule has 2 aromatic heterocycles. The van der Waals surface area contributed by atoms with Gasteiger partial charge < -0.3 is 19.5 Å². The molecule has 4 heterocycles. The van der Waals surface area contributed by atoms with Crippen LogP contribution in [0.2, 0.25) is 0 Å². The highest BCUT2D eigenvalue weighted by molar-refractivity contribution is 6.59. The first-order valence-electron chi connectivity index (χ1n) is 12.7. The quantitative estimate of drug-likeness (QED) is 0.548. The predicted octanol–water partition coefficient (Wildman–Crippen LogP) is 0.786. The molecule has 2 saturated heterocycles. The summed E-state index contributed by atoms with van der Waals surface area (Å²) in [5.74, 6) is 1.42. The molecule has 2 aliphatic rings. The number of aromatic nitrogens is 3. The van der Waals surface area contributed by atoms with E-state index in [1.807, 2.05) is 6.92 Å². The molecule has 0 bridgehead atoms. The molecule has 3 atom stereocenters. The Hall–Kier alpha value is -2.39. The second-order valence-electron chi connectivity index (χ2n) is 11.2. The van der Waals surface area contributed by atoms with Gasteiger partial charge in [-0.1, -0.05) is 21.9 Å². The number of hydrogen-bond acceptors (Lipinski definition) is 7. The highest BCUT2D eigenvalue weighted by Crippen LogP contribution is 2.39. The molecule has 1 N–H and O–H groups in total. The summed E-state index contributed by atoms with van der Waals surface area (Å²) >= 11 is 0. The lowest BCUT2D eigenvalue weighted by Gasteiger charge is -2.40. The van der Waals surface area contributed by atoms with E-state index in [-0.39, 0.29) is 17.0 Å². The van der Waals surface area contributed by atoms with Crippen LogP contribution in [0.1, 0.15) is 43.1 Å². The summed E-state index contributed by atoms with van der Waals surface area (Å²) in [4.78, 5) is 11.8. The Labute approximate surface area is 208 Å². The monoisotopic (exact) mass is 475 g/mol. The van der Waals surface area contributed by atoms with E-state index in [0.29, 0.717) is 29.3 Å². The first-order chi connectivity index (χ1) is 16.6. The van der Waals surface area contributed by atoms with Gasteiger partial charge >= 0.3 is 0 Å². The number of benzene rings is 1. The van der Waals surface area contributed by atoms with E-state index < -0.39 is 0 Å². The third kappa shape index (κ3) is 4.72. The van der Waals surface area contributed by atoms with Gasteiger partial charge in [-0.05, 0) is 51.7 Å². The van der Waals surface area contributed by atoms with Crippen molar-refractivity contribution in [2.45, 2.75) is 63.3 Å². The van der Waals surface area contributed by atoms with Gasteiger partial charge in [0.15, 0.2) is 5.82 Å². The number of aryl methyl sites for hydroxylation is 2. The van der Waals surface area contributed by atoms with Crippen LogP contribution in [0, 0.1) is 19.7 Å². The van der Waals surface area contributed by atoms with Crippen LogP contribution >= 0.6 is 0 Å². The molecule has 0 amide bonds. The van der Waals surface area contributed by atoms with Crippen molar-refractivity contribution in [3.63, 3.8) is 0 Å². The largest absolute Gasteiger partial charge is 0.380 e. The van der Waals surface area contributed by atoms with Gasteiger partial charge in [0.1, 0.15) is 17.2 Å². The number of nitrogens with zero attached hydrogens (tertiary/aromatic N) is 4. The molecule has 182 valence electrons. The summed E-state index contributed by atoms with van der Waals surface area (Å²) in [6.07, 6.45) is 3.02. The van der Waals surface area contributed by atoms with Crippen molar-refractivity contribution in [1.29, 1.82) is 0 Å². The fraction of sp³-hybridized carbons (Fsp3) is 0.542. The molecule has 1 aromatic carbocycles. The van der Waals surface area contributed by atoms with E-state index in [1.165, 1.54) is 0 Å². The second-order valence-corrected chi connectivity index (χ2v) is 11.2. The van der Waals surface area contributed by atoms with Crippen molar-refractivity contribution in [3.05, 3.63) is 34.9 Å². The van der Waals surface area contributed by atoms with Crippen LogP contribution in [0.25, 0.3) is 22.4 Å². The Morgan fingerprint density at radius 3 is 2.57 bits per heavy atom. The average Bonchev–Trinajstić information content (AvgIpc) is 3.45. The van der Waals surface area contributed by atoms with Crippen LogP contribution in [-0.2, 0) is 9.85 Å². The van der Waals surface area contributed by atoms with Crippen molar-refractivity contribution in [1.82, 2.24) is 20.4 Å². The van der Waals surface area contributed by atoms with Crippen molar-refractivity contribution in [3.8, 4) is 11.5 Å². The first kappa shape index (κ1) is 24.3. The fourth-order valence-corrected chi connectivity index (χ4v) is 5.40. The number of hydrogen-bond donors (Lipinski definition) is 1. The first-order valence-corrected chi connectivity index (χ1v) is 12.7. The molecular weight excluding hydrogens is 442 g/mol. The standard InChI is InChI=1S/C24H33B3FN5O2/c1-12-8-16(30-17-5-7-34-11-17)4-6-33(12)22-20(23-29-14(3)32-35-23)13(2)18-9-15(24(25,26)27)10-19(28)21(18)31-22/h9-10,12,16-17,30H,4-8,11,25-27H2,1-3H3/t12-,16-,17-/m1/s1. The van der Waals surface area contributed by atoms with Crippen molar-refractivity contribution < 1.29 is 13.7 Å². The molecule has 0 spiro atoms. The van der Waals surface area contributed by atoms with Gasteiger partial charge in [0.05, 0.1) is 35.7 Å². The summed E-state index contributed by atoms with van der Waals surface area (Å²) in [6.45, 7) is 8.46. The Morgan fingerprint density at radius 2 is 1.94 bits per heavy atom. The van der Waals surface area contributed by atoms with Crippen LogP contribution in [0.3, 0.4) is 0 Å².